The van der Waals surface area contributed by atoms with Gasteiger partial charge in [0.15, 0.2) is 0 Å². The number of nitrogens with zero attached hydrogens (tertiary/aromatic N) is 6. The summed E-state index contributed by atoms with van der Waals surface area (Å²) in [5, 5.41) is 15.4. The van der Waals surface area contributed by atoms with Crippen molar-refractivity contribution in [2.45, 2.75) is 5.16 Å². The van der Waals surface area contributed by atoms with Crippen LogP contribution in [0.5, 0.6) is 0 Å². The SMILES string of the molecule is N/C=N/ON(N)c1ccc(-n2nnnc2[S-])cc1. The molecular weight excluding hydrogens is 256 g/mol. The Kier molecular flexibility index (Phi) is 3.50. The van der Waals surface area contributed by atoms with Crippen LogP contribution in [0.1, 0.15) is 0 Å². The van der Waals surface area contributed by atoms with Crippen LogP contribution >= 0.6 is 0 Å². The number of aromatic nitrogens is 4. The number of nitrogens with two attached hydrogens (primary N) is 2. The van der Waals surface area contributed by atoms with E-state index in [1.807, 2.05) is 0 Å². The molecule has 0 unspecified atom stereocenters. The van der Waals surface area contributed by atoms with Gasteiger partial charge in [0.05, 0.1) is 11.4 Å². The minimum Gasteiger partial charge on any atom is -0.738 e. The van der Waals surface area contributed by atoms with Crippen LogP contribution in [0, 0.1) is 0 Å². The lowest BCUT2D eigenvalue weighted by Crippen LogP contribution is -2.29. The first-order valence-corrected chi connectivity index (χ1v) is 5.14. The molecule has 10 heteroatoms. The molecule has 2 rings (SSSR count). The molecule has 0 aliphatic rings. The molecule has 0 amide bonds. The van der Waals surface area contributed by atoms with Crippen molar-refractivity contribution in [3.63, 3.8) is 0 Å². The maximum atomic E-state index is 5.55. The number of tetrazole rings is 1. The van der Waals surface area contributed by atoms with Crippen molar-refractivity contribution in [1.82, 2.24) is 20.2 Å². The van der Waals surface area contributed by atoms with Crippen molar-refractivity contribution < 1.29 is 4.94 Å². The van der Waals surface area contributed by atoms with E-state index < -0.39 is 0 Å². The van der Waals surface area contributed by atoms with E-state index in [9.17, 15) is 0 Å². The summed E-state index contributed by atoms with van der Waals surface area (Å²) in [5.74, 6) is 5.55. The number of rotatable bonds is 4. The molecule has 0 spiro atoms. The predicted octanol–water partition coefficient (Wildman–Crippen LogP) is -0.918. The van der Waals surface area contributed by atoms with Crippen molar-refractivity contribution in [1.29, 1.82) is 0 Å². The average molecular weight is 265 g/mol. The zero-order valence-electron chi connectivity index (χ0n) is 9.04. The second-order valence-corrected chi connectivity index (χ2v) is 3.42. The Labute approximate surface area is 107 Å². The fourth-order valence-corrected chi connectivity index (χ4v) is 1.39. The van der Waals surface area contributed by atoms with Crippen LogP contribution in [0.25, 0.3) is 5.69 Å². The molecule has 0 aliphatic carbocycles. The van der Waals surface area contributed by atoms with E-state index in [2.05, 4.69) is 20.7 Å². The lowest BCUT2D eigenvalue weighted by Gasteiger charge is -2.14. The third kappa shape index (κ3) is 2.44. The first-order valence-electron chi connectivity index (χ1n) is 4.73. The van der Waals surface area contributed by atoms with Gasteiger partial charge in [0, 0.05) is 5.16 Å². The van der Waals surface area contributed by atoms with E-state index in [-0.39, 0.29) is 5.16 Å². The lowest BCUT2D eigenvalue weighted by atomic mass is 10.3. The van der Waals surface area contributed by atoms with E-state index in [0.717, 1.165) is 11.5 Å². The van der Waals surface area contributed by atoms with Gasteiger partial charge < -0.3 is 18.4 Å². The topological polar surface area (TPSA) is 120 Å². The second kappa shape index (κ2) is 5.25. The van der Waals surface area contributed by atoms with Crippen molar-refractivity contribution in [2.24, 2.45) is 16.7 Å². The van der Waals surface area contributed by atoms with Crippen LogP contribution in [0.2, 0.25) is 0 Å². The number of hydrogen-bond donors (Lipinski definition) is 2. The van der Waals surface area contributed by atoms with Crippen LogP contribution in [0.4, 0.5) is 5.69 Å². The van der Waals surface area contributed by atoms with Gasteiger partial charge in [0.2, 0.25) is 0 Å². The number of benzene rings is 1. The van der Waals surface area contributed by atoms with Crippen molar-refractivity contribution >= 4 is 24.7 Å². The van der Waals surface area contributed by atoms with Gasteiger partial charge in [-0.3, -0.25) is 4.94 Å². The molecule has 0 bridgehead atoms. The van der Waals surface area contributed by atoms with Crippen molar-refractivity contribution in [3.05, 3.63) is 24.3 Å². The molecule has 1 aromatic heterocycles. The highest BCUT2D eigenvalue weighted by Crippen LogP contribution is 2.15. The van der Waals surface area contributed by atoms with Crippen LogP contribution in [0.15, 0.2) is 34.6 Å². The third-order valence-electron chi connectivity index (χ3n) is 1.99. The Morgan fingerprint density at radius 3 is 2.67 bits per heavy atom. The van der Waals surface area contributed by atoms with Crippen LogP contribution in [-0.2, 0) is 17.6 Å². The van der Waals surface area contributed by atoms with Crippen molar-refractivity contribution in [2.75, 3.05) is 5.17 Å². The summed E-state index contributed by atoms with van der Waals surface area (Å²) in [4.78, 5) is 4.72. The molecule has 94 valence electrons. The predicted molar refractivity (Wildman–Crippen MR) is 65.2 cm³/mol. The van der Waals surface area contributed by atoms with Gasteiger partial charge in [-0.25, -0.2) is 10.5 Å². The summed E-state index contributed by atoms with van der Waals surface area (Å²) in [5.41, 5.74) is 6.31. The summed E-state index contributed by atoms with van der Waals surface area (Å²) in [6.07, 6.45) is 0.985. The summed E-state index contributed by atoms with van der Waals surface area (Å²) < 4.78 is 1.42. The highest BCUT2D eigenvalue weighted by Gasteiger charge is 2.04. The van der Waals surface area contributed by atoms with E-state index in [1.165, 1.54) is 4.68 Å². The summed E-state index contributed by atoms with van der Waals surface area (Å²) in [6, 6.07) is 6.85. The maximum Gasteiger partial charge on any atom is 0.129 e. The monoisotopic (exact) mass is 265 g/mol. The average Bonchev–Trinajstić information content (AvgIpc) is 2.82. The molecule has 1 aromatic carbocycles. The Balaban J connectivity index is 2.18. The molecule has 0 atom stereocenters. The molecule has 0 saturated heterocycles. The van der Waals surface area contributed by atoms with Gasteiger partial charge in [-0.15, -0.1) is 10.3 Å². The minimum atomic E-state index is 0.274. The molecule has 0 aliphatic heterocycles. The molecular formula is C8H9N8OS-. The van der Waals surface area contributed by atoms with Crippen LogP contribution in [0.3, 0.4) is 0 Å². The zero-order valence-corrected chi connectivity index (χ0v) is 9.86. The highest BCUT2D eigenvalue weighted by molar-refractivity contribution is 7.58. The molecule has 9 nitrogen and oxygen atoms in total. The van der Waals surface area contributed by atoms with Crippen molar-refractivity contribution in [3.8, 4) is 5.69 Å². The molecule has 18 heavy (non-hydrogen) atoms. The summed E-state index contributed by atoms with van der Waals surface area (Å²) in [6.45, 7) is 0. The third-order valence-corrected chi connectivity index (χ3v) is 2.24. The number of oxime groups is 1. The maximum absolute atomic E-state index is 5.55. The zero-order chi connectivity index (χ0) is 13.0. The van der Waals surface area contributed by atoms with Gasteiger partial charge in [-0.2, -0.15) is 0 Å². The Morgan fingerprint density at radius 2 is 2.11 bits per heavy atom. The van der Waals surface area contributed by atoms with Crippen LogP contribution < -0.4 is 16.7 Å². The first-order chi connectivity index (χ1) is 8.72. The summed E-state index contributed by atoms with van der Waals surface area (Å²) in [7, 11) is 0. The normalized spacial score (nSPS) is 10.7. The van der Waals surface area contributed by atoms with Gasteiger partial charge in [0.1, 0.15) is 6.34 Å². The van der Waals surface area contributed by atoms with E-state index in [0.29, 0.717) is 11.4 Å². The Hall–Kier alpha value is -2.46. The number of hydrazine groups is 1. The van der Waals surface area contributed by atoms with Gasteiger partial charge in [-0.1, -0.05) is 0 Å². The van der Waals surface area contributed by atoms with Gasteiger partial charge in [-0.05, 0) is 39.8 Å². The fraction of sp³-hybridized carbons (Fsp3) is 0. The Bertz CT molecular complexity index is 538. The molecule has 1 heterocycles. The second-order valence-electron chi connectivity index (χ2n) is 3.05. The first kappa shape index (κ1) is 12.0. The van der Waals surface area contributed by atoms with E-state index in [1.54, 1.807) is 24.3 Å². The minimum absolute atomic E-state index is 0.274. The van der Waals surface area contributed by atoms with E-state index >= 15 is 0 Å². The number of anilines is 1. The quantitative estimate of drug-likeness (QED) is 0.239. The molecule has 4 N–H and O–H groups in total. The summed E-state index contributed by atoms with van der Waals surface area (Å²) >= 11 is 4.94. The van der Waals surface area contributed by atoms with Gasteiger partial charge in [0.25, 0.3) is 0 Å². The molecule has 0 radical (unpaired) electrons. The van der Waals surface area contributed by atoms with Gasteiger partial charge >= 0.3 is 0 Å². The molecule has 0 saturated carbocycles. The van der Waals surface area contributed by atoms with Crippen LogP contribution in [-0.4, -0.2) is 26.5 Å². The highest BCUT2D eigenvalue weighted by atomic mass is 32.1. The smallest absolute Gasteiger partial charge is 0.129 e. The standard InChI is InChI=1S/C8H10N8OS/c9-5-11-17-16(10)7-3-1-6(2-4-7)15-8(18)12-13-14-15/h1-5H,10H2,(H2,9,11)(H,12,14,18)/p-1. The Morgan fingerprint density at radius 1 is 1.39 bits per heavy atom. The fourth-order valence-electron chi connectivity index (χ4n) is 1.21. The molecule has 0 fully saturated rings. The number of hydrogen-bond acceptors (Lipinski definition) is 8. The largest absolute Gasteiger partial charge is 0.738 e. The lowest BCUT2D eigenvalue weighted by molar-refractivity contribution is 0.118. The molecule has 2 aromatic rings. The van der Waals surface area contributed by atoms with E-state index in [4.69, 9.17) is 29.1 Å².